The summed E-state index contributed by atoms with van der Waals surface area (Å²) >= 11 is 0. The second-order valence-corrected chi connectivity index (χ2v) is 8.16. The highest BCUT2D eigenvalue weighted by molar-refractivity contribution is 5.86. The van der Waals surface area contributed by atoms with Gasteiger partial charge < -0.3 is 10.3 Å². The molecule has 4 nitrogen and oxygen atoms in total. The van der Waals surface area contributed by atoms with Crippen molar-refractivity contribution in [2.75, 3.05) is 0 Å². The Hall–Kier alpha value is -0.450. The van der Waals surface area contributed by atoms with Gasteiger partial charge in [-0.15, -0.1) is 0 Å². The number of aliphatic hydroxyl groups is 1. The maximum absolute atomic E-state index is 12.0. The van der Waals surface area contributed by atoms with Gasteiger partial charge in [0.25, 0.3) is 0 Å². The average molecular weight is 372 g/mol. The quantitative estimate of drug-likeness (QED) is 0.145. The third kappa shape index (κ3) is 12.0. The summed E-state index contributed by atoms with van der Waals surface area (Å²) in [5, 5.41) is 19.1. The molecule has 26 heavy (non-hydrogen) atoms. The van der Waals surface area contributed by atoms with Gasteiger partial charge in [0.1, 0.15) is 0 Å². The Labute approximate surface area is 162 Å². The SMILES string of the molecule is CCCCCCCCCCCCCCCCCC(=O)C(O)(NO)C(C)C. The number of Topliss-reactive ketones (excluding diaryl/α,β-unsaturated/α-hetero) is 1. The van der Waals surface area contributed by atoms with Gasteiger partial charge in [-0.25, -0.2) is 0 Å². The van der Waals surface area contributed by atoms with Gasteiger partial charge in [0.15, 0.2) is 11.5 Å². The molecule has 0 heterocycles. The summed E-state index contributed by atoms with van der Waals surface area (Å²) in [6.07, 6.45) is 19.6. The summed E-state index contributed by atoms with van der Waals surface area (Å²) in [4.78, 5) is 12.0. The Bertz CT molecular complexity index is 333. The number of hydroxylamine groups is 1. The van der Waals surface area contributed by atoms with E-state index in [4.69, 9.17) is 5.21 Å². The monoisotopic (exact) mass is 371 g/mol. The smallest absolute Gasteiger partial charge is 0.199 e. The molecule has 0 spiro atoms. The van der Waals surface area contributed by atoms with Gasteiger partial charge >= 0.3 is 0 Å². The fourth-order valence-electron chi connectivity index (χ4n) is 3.36. The van der Waals surface area contributed by atoms with Gasteiger partial charge in [-0.1, -0.05) is 111 Å². The van der Waals surface area contributed by atoms with E-state index in [1.54, 1.807) is 19.3 Å². The zero-order valence-corrected chi connectivity index (χ0v) is 17.7. The van der Waals surface area contributed by atoms with E-state index < -0.39 is 5.72 Å². The Morgan fingerprint density at radius 3 is 1.42 bits per heavy atom. The second-order valence-electron chi connectivity index (χ2n) is 8.16. The Morgan fingerprint density at radius 1 is 0.769 bits per heavy atom. The first-order chi connectivity index (χ1) is 12.5. The van der Waals surface area contributed by atoms with Gasteiger partial charge in [0, 0.05) is 12.3 Å². The Kier molecular flexibility index (Phi) is 16.4. The van der Waals surface area contributed by atoms with Gasteiger partial charge in [0.2, 0.25) is 0 Å². The van der Waals surface area contributed by atoms with Crippen LogP contribution in [-0.4, -0.2) is 21.8 Å². The largest absolute Gasteiger partial charge is 0.367 e. The van der Waals surface area contributed by atoms with E-state index in [0.717, 1.165) is 19.3 Å². The predicted octanol–water partition coefficient (Wildman–Crippen LogP) is 6.14. The topological polar surface area (TPSA) is 69.6 Å². The molecule has 0 aliphatic rings. The molecule has 0 fully saturated rings. The maximum Gasteiger partial charge on any atom is 0.199 e. The summed E-state index contributed by atoms with van der Waals surface area (Å²) < 4.78 is 0. The maximum atomic E-state index is 12.0. The lowest BCUT2D eigenvalue weighted by Gasteiger charge is -2.28. The van der Waals surface area contributed by atoms with Crippen LogP contribution in [0.5, 0.6) is 0 Å². The van der Waals surface area contributed by atoms with Crippen LogP contribution in [0.4, 0.5) is 0 Å². The molecule has 0 radical (unpaired) electrons. The van der Waals surface area contributed by atoms with Gasteiger partial charge in [-0.3, -0.25) is 4.79 Å². The first-order valence-corrected chi connectivity index (χ1v) is 11.2. The van der Waals surface area contributed by atoms with Crippen LogP contribution in [0.3, 0.4) is 0 Å². The van der Waals surface area contributed by atoms with Crippen LogP contribution in [-0.2, 0) is 4.79 Å². The molecule has 0 aromatic heterocycles. The van der Waals surface area contributed by atoms with Gasteiger partial charge in [-0.2, -0.15) is 5.48 Å². The fourth-order valence-corrected chi connectivity index (χ4v) is 3.36. The van der Waals surface area contributed by atoms with Crippen LogP contribution in [0.25, 0.3) is 0 Å². The van der Waals surface area contributed by atoms with E-state index in [2.05, 4.69) is 6.92 Å². The summed E-state index contributed by atoms with van der Waals surface area (Å²) in [6.45, 7) is 5.70. The molecule has 0 saturated carbocycles. The first-order valence-electron chi connectivity index (χ1n) is 11.2. The standard InChI is InChI=1S/C22H45NO3/c1-4-5-6-7-8-9-10-11-12-13-14-15-16-17-18-19-21(24)22(25,23-26)20(2)3/h20,23,25-26H,4-19H2,1-3H3. The summed E-state index contributed by atoms with van der Waals surface area (Å²) in [7, 11) is 0. The molecule has 3 N–H and O–H groups in total. The molecule has 0 rings (SSSR count). The van der Waals surface area contributed by atoms with Crippen LogP contribution >= 0.6 is 0 Å². The number of rotatable bonds is 19. The zero-order chi connectivity index (χ0) is 19.7. The lowest BCUT2D eigenvalue weighted by molar-refractivity contribution is -0.165. The molecule has 0 aromatic rings. The number of nitrogens with one attached hydrogen (secondary N) is 1. The molecular weight excluding hydrogens is 326 g/mol. The van der Waals surface area contributed by atoms with E-state index in [9.17, 15) is 9.90 Å². The zero-order valence-electron chi connectivity index (χ0n) is 17.7. The van der Waals surface area contributed by atoms with Crippen LogP contribution in [0.1, 0.15) is 124 Å². The Morgan fingerprint density at radius 2 is 1.12 bits per heavy atom. The van der Waals surface area contributed by atoms with Crippen molar-refractivity contribution in [3.63, 3.8) is 0 Å². The minimum atomic E-state index is -1.80. The molecule has 0 saturated heterocycles. The van der Waals surface area contributed by atoms with E-state index in [0.29, 0.717) is 6.42 Å². The third-order valence-corrected chi connectivity index (χ3v) is 5.44. The molecule has 0 aliphatic heterocycles. The molecule has 0 bridgehead atoms. The highest BCUT2D eigenvalue weighted by Gasteiger charge is 2.37. The summed E-state index contributed by atoms with van der Waals surface area (Å²) in [5.41, 5.74) is -0.00975. The number of unbranched alkanes of at least 4 members (excludes halogenated alkanes) is 14. The van der Waals surface area contributed by atoms with Gasteiger partial charge in [0.05, 0.1) is 0 Å². The van der Waals surface area contributed by atoms with Crippen molar-refractivity contribution in [1.29, 1.82) is 0 Å². The van der Waals surface area contributed by atoms with Crippen molar-refractivity contribution < 1.29 is 15.1 Å². The molecule has 4 heteroatoms. The van der Waals surface area contributed by atoms with E-state index >= 15 is 0 Å². The van der Waals surface area contributed by atoms with Crippen LogP contribution < -0.4 is 5.48 Å². The van der Waals surface area contributed by atoms with E-state index in [1.807, 2.05) is 0 Å². The van der Waals surface area contributed by atoms with Crippen molar-refractivity contribution in [2.45, 2.75) is 129 Å². The molecular formula is C22H45NO3. The van der Waals surface area contributed by atoms with Crippen molar-refractivity contribution >= 4 is 5.78 Å². The minimum Gasteiger partial charge on any atom is -0.367 e. The molecule has 1 unspecified atom stereocenters. The summed E-state index contributed by atoms with van der Waals surface area (Å²) in [6, 6.07) is 0. The minimum absolute atomic E-state index is 0.315. The summed E-state index contributed by atoms with van der Waals surface area (Å²) in [5.74, 6) is -0.666. The lowest BCUT2D eigenvalue weighted by atomic mass is 9.92. The van der Waals surface area contributed by atoms with Crippen LogP contribution in [0, 0.1) is 5.92 Å². The number of carbonyl (C=O) groups excluding carboxylic acids is 1. The molecule has 0 amide bonds. The normalized spacial score (nSPS) is 13.9. The fraction of sp³-hybridized carbons (Fsp3) is 0.955. The van der Waals surface area contributed by atoms with Crippen LogP contribution in [0.2, 0.25) is 0 Å². The number of carbonyl (C=O) groups is 1. The number of ketones is 1. The number of hydrogen-bond donors (Lipinski definition) is 3. The van der Waals surface area contributed by atoms with Crippen LogP contribution in [0.15, 0.2) is 0 Å². The van der Waals surface area contributed by atoms with E-state index in [-0.39, 0.29) is 11.7 Å². The van der Waals surface area contributed by atoms with Crippen molar-refractivity contribution in [3.05, 3.63) is 0 Å². The van der Waals surface area contributed by atoms with E-state index in [1.165, 1.54) is 77.0 Å². The van der Waals surface area contributed by atoms with Crippen molar-refractivity contribution in [1.82, 2.24) is 5.48 Å². The first kappa shape index (κ1) is 25.6. The van der Waals surface area contributed by atoms with Crippen molar-refractivity contribution in [2.24, 2.45) is 5.92 Å². The number of hydrogen-bond acceptors (Lipinski definition) is 4. The molecule has 156 valence electrons. The average Bonchev–Trinajstić information content (AvgIpc) is 2.63. The second kappa shape index (κ2) is 16.7. The molecule has 0 aromatic carbocycles. The molecule has 1 atom stereocenters. The van der Waals surface area contributed by atoms with Gasteiger partial charge in [-0.05, 0) is 6.42 Å². The third-order valence-electron chi connectivity index (χ3n) is 5.44. The highest BCUT2D eigenvalue weighted by Crippen LogP contribution is 2.19. The molecule has 0 aliphatic carbocycles. The highest BCUT2D eigenvalue weighted by atomic mass is 16.5. The Balaban J connectivity index is 3.38. The predicted molar refractivity (Wildman–Crippen MR) is 109 cm³/mol. The van der Waals surface area contributed by atoms with Crippen molar-refractivity contribution in [3.8, 4) is 0 Å². The lowest BCUT2D eigenvalue weighted by Crippen LogP contribution is -2.54.